The van der Waals surface area contributed by atoms with Crippen molar-refractivity contribution in [3.05, 3.63) is 11.3 Å². The number of carbonyl (C=O) groups is 1. The van der Waals surface area contributed by atoms with E-state index in [-0.39, 0.29) is 18.0 Å². The lowest BCUT2D eigenvalue weighted by atomic mass is 9.77. The van der Waals surface area contributed by atoms with E-state index < -0.39 is 0 Å². The average molecular weight is 237 g/mol. The van der Waals surface area contributed by atoms with Gasteiger partial charge >= 0.3 is 5.97 Å². The van der Waals surface area contributed by atoms with Crippen LogP contribution in [0.3, 0.4) is 0 Å². The molecule has 0 atom stereocenters. The van der Waals surface area contributed by atoms with Gasteiger partial charge in [0, 0.05) is 6.42 Å². The Kier molecular flexibility index (Phi) is 4.56. The fraction of sp³-hybridized carbons (Fsp3) is 0.692. The van der Waals surface area contributed by atoms with E-state index in [2.05, 4.69) is 19.9 Å². The van der Waals surface area contributed by atoms with Gasteiger partial charge in [-0.2, -0.15) is 5.26 Å². The number of carbonyl (C=O) groups excluding carboxylic acids is 1. The second-order valence-corrected chi connectivity index (χ2v) is 4.95. The molecule has 0 heterocycles. The van der Waals surface area contributed by atoms with E-state index in [0.717, 1.165) is 12.8 Å². The maximum atomic E-state index is 11.2. The summed E-state index contributed by atoms with van der Waals surface area (Å²) >= 11 is 0. The van der Waals surface area contributed by atoms with Gasteiger partial charge in [-0.25, -0.2) is 4.79 Å². The van der Waals surface area contributed by atoms with Gasteiger partial charge in [-0.15, -0.1) is 0 Å². The molecule has 0 aliphatic heterocycles. The molecule has 4 nitrogen and oxygen atoms in total. The van der Waals surface area contributed by atoms with Crippen molar-refractivity contribution in [1.82, 2.24) is 0 Å². The predicted molar refractivity (Wildman–Crippen MR) is 62.9 cm³/mol. The second-order valence-electron chi connectivity index (χ2n) is 4.95. The summed E-state index contributed by atoms with van der Waals surface area (Å²) in [5, 5.41) is 9.06. The van der Waals surface area contributed by atoms with Crippen LogP contribution >= 0.6 is 0 Å². The van der Waals surface area contributed by atoms with E-state index >= 15 is 0 Å². The number of allylic oxidation sites excluding steroid dienone is 2. The summed E-state index contributed by atoms with van der Waals surface area (Å²) in [7, 11) is 0. The van der Waals surface area contributed by atoms with Crippen molar-refractivity contribution in [2.45, 2.75) is 40.0 Å². The Morgan fingerprint density at radius 2 is 2.24 bits per heavy atom. The lowest BCUT2D eigenvalue weighted by Crippen LogP contribution is -2.21. The Hall–Kier alpha value is -1.50. The highest BCUT2D eigenvalue weighted by molar-refractivity contribution is 5.70. The van der Waals surface area contributed by atoms with Crippen molar-refractivity contribution in [2.24, 2.45) is 5.41 Å². The first-order chi connectivity index (χ1) is 7.98. The summed E-state index contributed by atoms with van der Waals surface area (Å²) in [5.41, 5.74) is 0.799. The number of hydrogen-bond acceptors (Lipinski definition) is 4. The first-order valence-electron chi connectivity index (χ1n) is 5.89. The van der Waals surface area contributed by atoms with E-state index in [9.17, 15) is 4.79 Å². The smallest absolute Gasteiger partial charge is 0.344 e. The summed E-state index contributed by atoms with van der Waals surface area (Å²) in [6.45, 7) is 6.26. The van der Waals surface area contributed by atoms with Gasteiger partial charge in [0.1, 0.15) is 5.76 Å². The van der Waals surface area contributed by atoms with Gasteiger partial charge in [-0.05, 0) is 25.2 Å². The van der Waals surface area contributed by atoms with Crippen LogP contribution in [0, 0.1) is 16.7 Å². The van der Waals surface area contributed by atoms with Crippen LogP contribution in [-0.4, -0.2) is 19.2 Å². The maximum Gasteiger partial charge on any atom is 0.344 e. The zero-order valence-corrected chi connectivity index (χ0v) is 10.7. The lowest BCUT2D eigenvalue weighted by Gasteiger charge is -2.30. The van der Waals surface area contributed by atoms with E-state index in [4.69, 9.17) is 14.7 Å². The van der Waals surface area contributed by atoms with Crippen LogP contribution in [0.4, 0.5) is 0 Å². The van der Waals surface area contributed by atoms with Crippen LogP contribution in [-0.2, 0) is 14.3 Å². The highest BCUT2D eigenvalue weighted by Gasteiger charge is 2.28. The van der Waals surface area contributed by atoms with E-state index in [0.29, 0.717) is 24.4 Å². The highest BCUT2D eigenvalue weighted by atomic mass is 16.6. The number of esters is 1. The summed E-state index contributed by atoms with van der Waals surface area (Å²) in [5.74, 6) is 0.266. The van der Waals surface area contributed by atoms with Crippen molar-refractivity contribution in [1.29, 1.82) is 5.26 Å². The fourth-order valence-electron chi connectivity index (χ4n) is 1.88. The Balaban J connectivity index is 2.60. The van der Waals surface area contributed by atoms with Gasteiger partial charge in [-0.3, -0.25) is 0 Å². The van der Waals surface area contributed by atoms with Crippen molar-refractivity contribution < 1.29 is 14.3 Å². The van der Waals surface area contributed by atoms with Crippen molar-refractivity contribution in [3.8, 4) is 6.07 Å². The topological polar surface area (TPSA) is 59.3 Å². The average Bonchev–Trinajstić information content (AvgIpc) is 2.27. The molecule has 0 aromatic rings. The molecule has 4 heteroatoms. The summed E-state index contributed by atoms with van der Waals surface area (Å²) < 4.78 is 10.2. The lowest BCUT2D eigenvalue weighted by molar-refractivity contribution is -0.147. The summed E-state index contributed by atoms with van der Waals surface area (Å²) in [6.07, 6.45) is 2.40. The first-order valence-corrected chi connectivity index (χ1v) is 5.89. The molecule has 17 heavy (non-hydrogen) atoms. The minimum Gasteiger partial charge on any atom is -0.485 e. The number of hydrogen-bond donors (Lipinski definition) is 0. The first kappa shape index (κ1) is 13.6. The molecular formula is C13H19NO3. The van der Waals surface area contributed by atoms with Crippen molar-refractivity contribution >= 4 is 5.97 Å². The maximum absolute atomic E-state index is 11.2. The van der Waals surface area contributed by atoms with Gasteiger partial charge in [0.15, 0.2) is 6.61 Å². The molecule has 0 bridgehead atoms. The van der Waals surface area contributed by atoms with Crippen molar-refractivity contribution in [3.63, 3.8) is 0 Å². The van der Waals surface area contributed by atoms with Crippen LogP contribution in [0.25, 0.3) is 0 Å². The van der Waals surface area contributed by atoms with Gasteiger partial charge in [0.2, 0.25) is 0 Å². The molecular weight excluding hydrogens is 218 g/mol. The fourth-order valence-corrected chi connectivity index (χ4v) is 1.88. The molecule has 94 valence electrons. The third kappa shape index (κ3) is 4.10. The molecule has 0 radical (unpaired) electrons. The zero-order chi connectivity index (χ0) is 12.9. The van der Waals surface area contributed by atoms with Crippen LogP contribution < -0.4 is 0 Å². The monoisotopic (exact) mass is 237 g/mol. The molecule has 0 saturated carbocycles. The normalized spacial score (nSPS) is 18.5. The molecule has 1 aliphatic rings. The van der Waals surface area contributed by atoms with Crippen molar-refractivity contribution in [2.75, 3.05) is 13.2 Å². The largest absolute Gasteiger partial charge is 0.485 e. The number of rotatable bonds is 4. The summed E-state index contributed by atoms with van der Waals surface area (Å²) in [6, 6.07) is 2.17. The van der Waals surface area contributed by atoms with Crippen LogP contribution in [0.5, 0.6) is 0 Å². The van der Waals surface area contributed by atoms with Gasteiger partial charge < -0.3 is 9.47 Å². The molecule has 0 N–H and O–H groups in total. The molecule has 0 aromatic heterocycles. The summed E-state index contributed by atoms with van der Waals surface area (Å²) in [4.78, 5) is 11.2. The van der Waals surface area contributed by atoms with E-state index in [1.54, 1.807) is 6.92 Å². The molecule has 0 amide bonds. The molecule has 0 aromatic carbocycles. The van der Waals surface area contributed by atoms with Crippen LogP contribution in [0.1, 0.15) is 40.0 Å². The molecule has 0 spiro atoms. The molecule has 1 rings (SSSR count). The quantitative estimate of drug-likeness (QED) is 0.705. The van der Waals surface area contributed by atoms with Gasteiger partial charge in [0.25, 0.3) is 0 Å². The van der Waals surface area contributed by atoms with Gasteiger partial charge in [-0.1, -0.05) is 13.8 Å². The second kappa shape index (κ2) is 5.72. The van der Waals surface area contributed by atoms with E-state index in [1.165, 1.54) is 0 Å². The van der Waals surface area contributed by atoms with Crippen LogP contribution in [0.2, 0.25) is 0 Å². The third-order valence-corrected chi connectivity index (χ3v) is 2.83. The standard InChI is InChI=1S/C13H19NO3/c1-4-16-12(15)9-17-11-5-6-13(2,3)7-10(11)8-14/h4-7,9H2,1-3H3. The molecule has 1 aliphatic carbocycles. The number of ether oxygens (including phenoxy) is 2. The van der Waals surface area contributed by atoms with Crippen LogP contribution in [0.15, 0.2) is 11.3 Å². The third-order valence-electron chi connectivity index (χ3n) is 2.83. The van der Waals surface area contributed by atoms with Gasteiger partial charge in [0.05, 0.1) is 18.2 Å². The van der Waals surface area contributed by atoms with E-state index in [1.807, 2.05) is 0 Å². The SMILES string of the molecule is CCOC(=O)COC1=C(C#N)CC(C)(C)CC1. The molecule has 0 unspecified atom stereocenters. The predicted octanol–water partition coefficient (Wildman–Crippen LogP) is 2.55. The number of nitrogens with zero attached hydrogens (tertiary/aromatic N) is 1. The Bertz CT molecular complexity index is 363. The number of nitriles is 1. The molecule has 0 saturated heterocycles. The minimum absolute atomic E-state index is 0.102. The Labute approximate surface area is 102 Å². The highest BCUT2D eigenvalue weighted by Crippen LogP contribution is 2.38. The molecule has 0 fully saturated rings. The minimum atomic E-state index is -0.387. The Morgan fingerprint density at radius 1 is 1.53 bits per heavy atom. The Morgan fingerprint density at radius 3 is 2.82 bits per heavy atom. The zero-order valence-electron chi connectivity index (χ0n) is 10.7.